The van der Waals surface area contributed by atoms with Crippen molar-refractivity contribution in [1.29, 1.82) is 0 Å². The summed E-state index contributed by atoms with van der Waals surface area (Å²) in [6, 6.07) is 0.235. The van der Waals surface area contributed by atoms with Gasteiger partial charge in [-0.3, -0.25) is 9.69 Å². The van der Waals surface area contributed by atoms with E-state index in [0.29, 0.717) is 0 Å². The monoisotopic (exact) mass is 268 g/mol. The molecule has 2 N–H and O–H groups in total. The van der Waals surface area contributed by atoms with Crippen LogP contribution in [0.4, 0.5) is 0 Å². The lowest BCUT2D eigenvalue weighted by molar-refractivity contribution is -0.126. The lowest BCUT2D eigenvalue weighted by Gasteiger charge is -2.32. The standard InChI is InChI=1S/C14H28N4O/c1-12(11-17-7-3-4-8-17)16-14(19)13(2)18-9-5-15-6-10-18/h12-13,15H,3-11H2,1-2H3,(H,16,19). The lowest BCUT2D eigenvalue weighted by atomic mass is 10.2. The number of likely N-dealkylation sites (tertiary alicyclic amines) is 1. The van der Waals surface area contributed by atoms with Gasteiger partial charge >= 0.3 is 0 Å². The summed E-state index contributed by atoms with van der Waals surface area (Å²) in [5.74, 6) is 0.175. The van der Waals surface area contributed by atoms with Crippen LogP contribution in [0.1, 0.15) is 26.7 Å². The van der Waals surface area contributed by atoms with E-state index in [0.717, 1.165) is 32.7 Å². The summed E-state index contributed by atoms with van der Waals surface area (Å²) in [5.41, 5.74) is 0. The first-order valence-corrected chi connectivity index (χ1v) is 7.64. The van der Waals surface area contributed by atoms with E-state index >= 15 is 0 Å². The highest BCUT2D eigenvalue weighted by Gasteiger charge is 2.24. The van der Waals surface area contributed by atoms with Crippen LogP contribution >= 0.6 is 0 Å². The number of carbonyl (C=O) groups is 1. The zero-order valence-corrected chi connectivity index (χ0v) is 12.3. The highest BCUT2D eigenvalue weighted by molar-refractivity contribution is 5.81. The van der Waals surface area contributed by atoms with Crippen LogP contribution in [0.3, 0.4) is 0 Å². The molecule has 19 heavy (non-hydrogen) atoms. The Morgan fingerprint density at radius 2 is 1.79 bits per heavy atom. The van der Waals surface area contributed by atoms with Crippen LogP contribution in [0.15, 0.2) is 0 Å². The first-order valence-electron chi connectivity index (χ1n) is 7.64. The van der Waals surface area contributed by atoms with Crippen molar-refractivity contribution in [2.45, 2.75) is 38.8 Å². The van der Waals surface area contributed by atoms with Crippen LogP contribution in [-0.2, 0) is 4.79 Å². The van der Waals surface area contributed by atoms with Crippen LogP contribution in [-0.4, -0.2) is 73.6 Å². The van der Waals surface area contributed by atoms with Gasteiger partial charge in [-0.25, -0.2) is 0 Å². The molecule has 2 saturated heterocycles. The zero-order chi connectivity index (χ0) is 13.7. The van der Waals surface area contributed by atoms with Crippen molar-refractivity contribution < 1.29 is 4.79 Å². The second-order valence-electron chi connectivity index (χ2n) is 5.88. The average Bonchev–Trinajstić information content (AvgIpc) is 2.91. The van der Waals surface area contributed by atoms with Crippen molar-refractivity contribution in [1.82, 2.24) is 20.4 Å². The molecule has 110 valence electrons. The van der Waals surface area contributed by atoms with Crippen LogP contribution in [0, 0.1) is 0 Å². The summed E-state index contributed by atoms with van der Waals surface area (Å²) >= 11 is 0. The number of piperazine rings is 1. The van der Waals surface area contributed by atoms with Gasteiger partial charge in [0.25, 0.3) is 0 Å². The van der Waals surface area contributed by atoms with Crippen molar-refractivity contribution in [2.75, 3.05) is 45.8 Å². The third kappa shape index (κ3) is 4.44. The molecule has 0 radical (unpaired) electrons. The number of hydrogen-bond donors (Lipinski definition) is 2. The van der Waals surface area contributed by atoms with Gasteiger partial charge in [-0.2, -0.15) is 0 Å². The second-order valence-corrected chi connectivity index (χ2v) is 5.88. The Kier molecular flexibility index (Phi) is 5.60. The minimum Gasteiger partial charge on any atom is -0.351 e. The lowest BCUT2D eigenvalue weighted by Crippen LogP contribution is -2.54. The van der Waals surface area contributed by atoms with Crippen LogP contribution < -0.4 is 10.6 Å². The molecule has 0 saturated carbocycles. The number of hydrogen-bond acceptors (Lipinski definition) is 4. The molecule has 2 atom stereocenters. The molecule has 0 aliphatic carbocycles. The summed E-state index contributed by atoms with van der Waals surface area (Å²) in [5, 5.41) is 6.48. The second kappa shape index (κ2) is 7.22. The largest absolute Gasteiger partial charge is 0.351 e. The third-order valence-corrected chi connectivity index (χ3v) is 4.20. The molecule has 2 unspecified atom stereocenters. The fourth-order valence-electron chi connectivity index (χ4n) is 3.00. The minimum atomic E-state index is -0.0110. The summed E-state index contributed by atoms with van der Waals surface area (Å²) in [7, 11) is 0. The van der Waals surface area contributed by atoms with E-state index in [1.54, 1.807) is 0 Å². The predicted octanol–water partition coefficient (Wildman–Crippen LogP) is -0.119. The summed E-state index contributed by atoms with van der Waals surface area (Å²) in [6.07, 6.45) is 2.61. The van der Waals surface area contributed by atoms with Gasteiger partial charge in [0.15, 0.2) is 0 Å². The van der Waals surface area contributed by atoms with Crippen molar-refractivity contribution >= 4 is 5.91 Å². The molecular formula is C14H28N4O. The van der Waals surface area contributed by atoms with E-state index in [2.05, 4.69) is 27.4 Å². The van der Waals surface area contributed by atoms with Gasteiger partial charge in [0, 0.05) is 38.8 Å². The van der Waals surface area contributed by atoms with E-state index in [1.165, 1.54) is 25.9 Å². The van der Waals surface area contributed by atoms with Crippen molar-refractivity contribution in [3.05, 3.63) is 0 Å². The molecule has 2 heterocycles. The molecule has 2 rings (SSSR count). The van der Waals surface area contributed by atoms with Gasteiger partial charge in [-0.05, 0) is 39.8 Å². The Bertz CT molecular complexity index is 285. The molecule has 0 aromatic carbocycles. The first-order chi connectivity index (χ1) is 9.16. The van der Waals surface area contributed by atoms with Crippen molar-refractivity contribution in [2.24, 2.45) is 0 Å². The number of rotatable bonds is 5. The van der Waals surface area contributed by atoms with Gasteiger partial charge in [0.1, 0.15) is 0 Å². The summed E-state index contributed by atoms with van der Waals surface area (Å²) in [6.45, 7) is 11.4. The molecule has 5 nitrogen and oxygen atoms in total. The molecule has 5 heteroatoms. The normalized spacial score (nSPS) is 25.2. The smallest absolute Gasteiger partial charge is 0.237 e. The first kappa shape index (κ1) is 14.8. The Morgan fingerprint density at radius 3 is 2.42 bits per heavy atom. The maximum Gasteiger partial charge on any atom is 0.237 e. The third-order valence-electron chi connectivity index (χ3n) is 4.20. The maximum absolute atomic E-state index is 12.2. The molecule has 2 aliphatic heterocycles. The molecular weight excluding hydrogens is 240 g/mol. The number of amides is 1. The Balaban J connectivity index is 1.72. The summed E-state index contributed by atoms with van der Waals surface area (Å²) < 4.78 is 0. The molecule has 2 aliphatic rings. The van der Waals surface area contributed by atoms with Gasteiger partial charge in [0.2, 0.25) is 5.91 Å². The minimum absolute atomic E-state index is 0.0110. The van der Waals surface area contributed by atoms with Crippen LogP contribution in [0.25, 0.3) is 0 Å². The zero-order valence-electron chi connectivity index (χ0n) is 12.3. The molecule has 2 fully saturated rings. The molecule has 0 aromatic rings. The van der Waals surface area contributed by atoms with Crippen molar-refractivity contribution in [3.63, 3.8) is 0 Å². The summed E-state index contributed by atoms with van der Waals surface area (Å²) in [4.78, 5) is 16.9. The van der Waals surface area contributed by atoms with E-state index < -0.39 is 0 Å². The molecule has 0 bridgehead atoms. The number of nitrogens with zero attached hydrogens (tertiary/aromatic N) is 2. The topological polar surface area (TPSA) is 47.6 Å². The predicted molar refractivity (Wildman–Crippen MR) is 77.2 cm³/mol. The maximum atomic E-state index is 12.2. The molecule has 0 aromatic heterocycles. The van der Waals surface area contributed by atoms with Gasteiger partial charge in [-0.1, -0.05) is 0 Å². The molecule has 1 amide bonds. The number of nitrogens with one attached hydrogen (secondary N) is 2. The Hall–Kier alpha value is -0.650. The highest BCUT2D eigenvalue weighted by atomic mass is 16.2. The van der Waals surface area contributed by atoms with Crippen molar-refractivity contribution in [3.8, 4) is 0 Å². The molecule has 0 spiro atoms. The van der Waals surface area contributed by atoms with Gasteiger partial charge < -0.3 is 15.5 Å². The Labute approximate surface area is 116 Å². The number of carbonyl (C=O) groups excluding carboxylic acids is 1. The van der Waals surface area contributed by atoms with Crippen LogP contribution in [0.2, 0.25) is 0 Å². The Morgan fingerprint density at radius 1 is 1.16 bits per heavy atom. The van der Waals surface area contributed by atoms with Gasteiger partial charge in [-0.15, -0.1) is 0 Å². The van der Waals surface area contributed by atoms with Gasteiger partial charge in [0.05, 0.1) is 6.04 Å². The SMILES string of the molecule is CC(CN1CCCC1)NC(=O)C(C)N1CCNCC1. The highest BCUT2D eigenvalue weighted by Crippen LogP contribution is 2.08. The average molecular weight is 268 g/mol. The van der Waals surface area contributed by atoms with E-state index in [-0.39, 0.29) is 18.0 Å². The van der Waals surface area contributed by atoms with E-state index in [9.17, 15) is 4.79 Å². The van der Waals surface area contributed by atoms with Crippen LogP contribution in [0.5, 0.6) is 0 Å². The fraction of sp³-hybridized carbons (Fsp3) is 0.929. The quantitative estimate of drug-likeness (QED) is 0.730. The fourth-order valence-corrected chi connectivity index (χ4v) is 3.00. The van der Waals surface area contributed by atoms with E-state index in [1.807, 2.05) is 6.92 Å². The van der Waals surface area contributed by atoms with E-state index in [4.69, 9.17) is 0 Å².